The Kier molecular flexibility index (Phi) is 4.38. The lowest BCUT2D eigenvalue weighted by Gasteiger charge is -2.14. The van der Waals surface area contributed by atoms with Gasteiger partial charge in [-0.3, -0.25) is 0 Å². The fraction of sp³-hybridized carbons (Fsp3) is 0.667. The molecule has 0 saturated carbocycles. The number of rotatable bonds is 5. The minimum absolute atomic E-state index is 0.00497. The van der Waals surface area contributed by atoms with Crippen molar-refractivity contribution in [1.29, 1.82) is 0 Å². The number of hydrogen-bond acceptors (Lipinski definition) is 4. The van der Waals surface area contributed by atoms with Crippen LogP contribution in [0.5, 0.6) is 0 Å². The molecular weight excluding hydrogens is 238 g/mol. The van der Waals surface area contributed by atoms with Crippen LogP contribution in [-0.2, 0) is 21.8 Å². The Balaban J connectivity index is 2.41. The van der Waals surface area contributed by atoms with Crippen LogP contribution in [0.15, 0.2) is 16.5 Å². The highest BCUT2D eigenvalue weighted by Crippen LogP contribution is 2.23. The molecule has 0 bridgehead atoms. The summed E-state index contributed by atoms with van der Waals surface area (Å²) < 4.78 is 27.5. The zero-order valence-corrected chi connectivity index (χ0v) is 11.7. The van der Waals surface area contributed by atoms with E-state index in [4.69, 9.17) is 4.42 Å². The average molecular weight is 259 g/mol. The van der Waals surface area contributed by atoms with Crippen LogP contribution in [0, 0.1) is 0 Å². The van der Waals surface area contributed by atoms with Gasteiger partial charge in [-0.2, -0.15) is 0 Å². The maximum atomic E-state index is 10.9. The molecule has 17 heavy (non-hydrogen) atoms. The maximum Gasteiger partial charge on any atom is 0.148 e. The smallest absolute Gasteiger partial charge is 0.148 e. The Morgan fingerprint density at radius 2 is 1.94 bits per heavy atom. The highest BCUT2D eigenvalue weighted by Gasteiger charge is 2.17. The van der Waals surface area contributed by atoms with Gasteiger partial charge in [0.15, 0.2) is 0 Å². The van der Waals surface area contributed by atoms with Crippen molar-refractivity contribution >= 4 is 9.84 Å². The minimum Gasteiger partial charge on any atom is -0.464 e. The van der Waals surface area contributed by atoms with Crippen LogP contribution >= 0.6 is 0 Å². The second kappa shape index (κ2) is 5.23. The lowest BCUT2D eigenvalue weighted by Crippen LogP contribution is -2.21. The molecule has 0 unspecified atom stereocenters. The van der Waals surface area contributed by atoms with Gasteiger partial charge in [0.25, 0.3) is 0 Å². The zero-order chi connectivity index (χ0) is 13.1. The van der Waals surface area contributed by atoms with Crippen LogP contribution in [0.1, 0.15) is 32.3 Å². The minimum atomic E-state index is -2.89. The van der Waals surface area contributed by atoms with E-state index in [2.05, 4.69) is 26.1 Å². The largest absolute Gasteiger partial charge is 0.464 e. The molecule has 5 heteroatoms. The zero-order valence-electron chi connectivity index (χ0n) is 10.9. The summed E-state index contributed by atoms with van der Waals surface area (Å²) in [5.74, 6) is 1.93. The Hall–Kier alpha value is -0.810. The third kappa shape index (κ3) is 5.37. The summed E-state index contributed by atoms with van der Waals surface area (Å²) in [6, 6.07) is 3.89. The molecule has 1 aromatic rings. The molecule has 1 N–H and O–H groups in total. The molecule has 4 nitrogen and oxygen atoms in total. The number of furan rings is 1. The van der Waals surface area contributed by atoms with Crippen molar-refractivity contribution in [2.24, 2.45) is 0 Å². The van der Waals surface area contributed by atoms with Gasteiger partial charge in [-0.1, -0.05) is 20.8 Å². The van der Waals surface area contributed by atoms with Crippen molar-refractivity contribution in [3.8, 4) is 0 Å². The summed E-state index contributed by atoms with van der Waals surface area (Å²) in [5, 5.41) is 3.05. The summed E-state index contributed by atoms with van der Waals surface area (Å²) in [7, 11) is -2.89. The van der Waals surface area contributed by atoms with E-state index in [1.54, 1.807) is 0 Å². The van der Waals surface area contributed by atoms with Crippen molar-refractivity contribution in [3.63, 3.8) is 0 Å². The molecule has 0 aliphatic carbocycles. The predicted octanol–water partition coefficient (Wildman–Crippen LogP) is 1.71. The maximum absolute atomic E-state index is 10.9. The van der Waals surface area contributed by atoms with Gasteiger partial charge in [-0.25, -0.2) is 8.42 Å². The fourth-order valence-electron chi connectivity index (χ4n) is 1.35. The van der Waals surface area contributed by atoms with Gasteiger partial charge in [-0.05, 0) is 12.1 Å². The molecule has 98 valence electrons. The van der Waals surface area contributed by atoms with E-state index in [0.717, 1.165) is 11.5 Å². The monoisotopic (exact) mass is 259 g/mol. The third-order valence-electron chi connectivity index (χ3n) is 2.35. The number of nitrogens with one attached hydrogen (secondary N) is 1. The molecule has 1 heterocycles. The molecular formula is C12H21NO3S. The van der Waals surface area contributed by atoms with E-state index in [1.807, 2.05) is 12.1 Å². The van der Waals surface area contributed by atoms with Crippen LogP contribution in [-0.4, -0.2) is 27.0 Å². The molecule has 1 aromatic heterocycles. The van der Waals surface area contributed by atoms with Crippen molar-refractivity contribution in [3.05, 3.63) is 23.7 Å². The van der Waals surface area contributed by atoms with Gasteiger partial charge in [0, 0.05) is 18.2 Å². The lowest BCUT2D eigenvalue weighted by atomic mass is 9.94. The van der Waals surface area contributed by atoms with Gasteiger partial charge in [-0.15, -0.1) is 0 Å². The molecule has 0 aromatic carbocycles. The highest BCUT2D eigenvalue weighted by molar-refractivity contribution is 7.90. The van der Waals surface area contributed by atoms with Crippen molar-refractivity contribution in [2.45, 2.75) is 32.7 Å². The molecule has 0 saturated heterocycles. The van der Waals surface area contributed by atoms with E-state index in [0.29, 0.717) is 13.1 Å². The Bertz CT molecular complexity index is 454. The predicted molar refractivity (Wildman–Crippen MR) is 68.8 cm³/mol. The summed E-state index contributed by atoms with van der Waals surface area (Å²) in [4.78, 5) is 0. The van der Waals surface area contributed by atoms with Gasteiger partial charge >= 0.3 is 0 Å². The third-order valence-corrected chi connectivity index (χ3v) is 3.30. The van der Waals surface area contributed by atoms with E-state index >= 15 is 0 Å². The summed E-state index contributed by atoms with van der Waals surface area (Å²) in [6.07, 6.45) is 1.24. The fourth-order valence-corrected chi connectivity index (χ4v) is 1.86. The van der Waals surface area contributed by atoms with E-state index < -0.39 is 9.84 Å². The SMILES string of the molecule is CC(C)(C)c1ccc(CNCCS(C)(=O)=O)o1. The first-order valence-corrected chi connectivity index (χ1v) is 7.72. The molecule has 0 radical (unpaired) electrons. The molecule has 0 amide bonds. The average Bonchev–Trinajstić information content (AvgIpc) is 2.58. The molecule has 0 aliphatic rings. The van der Waals surface area contributed by atoms with Gasteiger partial charge in [0.2, 0.25) is 0 Å². The van der Waals surface area contributed by atoms with Crippen molar-refractivity contribution in [2.75, 3.05) is 18.6 Å². The summed E-state index contributed by atoms with van der Waals surface area (Å²) >= 11 is 0. The molecule has 0 fully saturated rings. The quantitative estimate of drug-likeness (QED) is 0.818. The van der Waals surface area contributed by atoms with Crippen LogP contribution in [0.3, 0.4) is 0 Å². The normalized spacial score (nSPS) is 12.9. The van der Waals surface area contributed by atoms with Gasteiger partial charge in [0.05, 0.1) is 12.3 Å². The molecule has 0 aliphatic heterocycles. The Morgan fingerprint density at radius 3 is 2.41 bits per heavy atom. The second-order valence-electron chi connectivity index (χ2n) is 5.32. The summed E-state index contributed by atoms with van der Waals surface area (Å²) in [6.45, 7) is 7.28. The Labute approximate surface area is 103 Å². The van der Waals surface area contributed by atoms with E-state index in [9.17, 15) is 8.42 Å². The van der Waals surface area contributed by atoms with E-state index in [1.165, 1.54) is 6.26 Å². The van der Waals surface area contributed by atoms with Crippen molar-refractivity contribution in [1.82, 2.24) is 5.32 Å². The number of hydrogen-bond donors (Lipinski definition) is 1. The highest BCUT2D eigenvalue weighted by atomic mass is 32.2. The van der Waals surface area contributed by atoms with Gasteiger partial charge < -0.3 is 9.73 Å². The lowest BCUT2D eigenvalue weighted by molar-refractivity contribution is 0.380. The van der Waals surface area contributed by atoms with Crippen LogP contribution in [0.4, 0.5) is 0 Å². The van der Waals surface area contributed by atoms with Crippen molar-refractivity contribution < 1.29 is 12.8 Å². The van der Waals surface area contributed by atoms with Gasteiger partial charge in [0.1, 0.15) is 21.4 Å². The first kappa shape index (κ1) is 14.3. The first-order valence-electron chi connectivity index (χ1n) is 5.66. The Morgan fingerprint density at radius 1 is 1.29 bits per heavy atom. The topological polar surface area (TPSA) is 59.3 Å². The van der Waals surface area contributed by atoms with Crippen LogP contribution in [0.25, 0.3) is 0 Å². The summed E-state index contributed by atoms with van der Waals surface area (Å²) in [5.41, 5.74) is 0.00497. The van der Waals surface area contributed by atoms with Crippen LogP contribution in [0.2, 0.25) is 0 Å². The molecule has 1 rings (SSSR count). The molecule has 0 spiro atoms. The number of sulfone groups is 1. The van der Waals surface area contributed by atoms with E-state index in [-0.39, 0.29) is 11.2 Å². The first-order chi connectivity index (χ1) is 7.68. The standard InChI is InChI=1S/C12H21NO3S/c1-12(2,3)11-6-5-10(16-11)9-13-7-8-17(4,14)15/h5-6,13H,7-9H2,1-4H3. The van der Waals surface area contributed by atoms with Crippen LogP contribution < -0.4 is 5.32 Å². The molecule has 0 atom stereocenters. The second-order valence-corrected chi connectivity index (χ2v) is 7.58.